The van der Waals surface area contributed by atoms with Gasteiger partial charge in [-0.3, -0.25) is 4.98 Å². The number of benzene rings is 1. The molecule has 0 saturated heterocycles. The molecule has 7 heteroatoms. The van der Waals surface area contributed by atoms with Crippen molar-refractivity contribution in [2.24, 2.45) is 0 Å². The van der Waals surface area contributed by atoms with Crippen LogP contribution in [0.25, 0.3) is 0 Å². The van der Waals surface area contributed by atoms with Gasteiger partial charge in [0.25, 0.3) is 0 Å². The van der Waals surface area contributed by atoms with Crippen LogP contribution in [0.5, 0.6) is 0 Å². The predicted octanol–water partition coefficient (Wildman–Crippen LogP) is 3.40. The Balaban J connectivity index is 1.62. The van der Waals surface area contributed by atoms with E-state index in [2.05, 4.69) is 25.6 Å². The summed E-state index contributed by atoms with van der Waals surface area (Å²) in [4.78, 5) is 24.2. The third kappa shape index (κ3) is 4.76. The first kappa shape index (κ1) is 17.3. The van der Waals surface area contributed by atoms with Gasteiger partial charge in [0.05, 0.1) is 12.2 Å². The van der Waals surface area contributed by atoms with Crippen LogP contribution in [0.2, 0.25) is 0 Å². The molecule has 0 aliphatic heterocycles. The van der Waals surface area contributed by atoms with Gasteiger partial charge in [-0.15, -0.1) is 0 Å². The summed E-state index contributed by atoms with van der Waals surface area (Å²) in [6.45, 7) is 2.76. The first-order chi connectivity index (χ1) is 12.7. The lowest BCUT2D eigenvalue weighted by molar-refractivity contribution is 0.0526. The molecule has 1 aromatic carbocycles. The summed E-state index contributed by atoms with van der Waals surface area (Å²) >= 11 is 0. The molecule has 2 aromatic heterocycles. The fraction of sp³-hybridized carbons (Fsp3) is 0.158. The van der Waals surface area contributed by atoms with E-state index in [9.17, 15) is 4.79 Å². The second-order valence-corrected chi connectivity index (χ2v) is 5.43. The van der Waals surface area contributed by atoms with Crippen molar-refractivity contribution in [1.82, 2.24) is 15.0 Å². The quantitative estimate of drug-likeness (QED) is 0.632. The first-order valence-electron chi connectivity index (χ1n) is 8.23. The van der Waals surface area contributed by atoms with Crippen LogP contribution < -0.4 is 10.6 Å². The van der Waals surface area contributed by atoms with Crippen LogP contribution in [0.4, 0.5) is 17.3 Å². The highest BCUT2D eigenvalue weighted by atomic mass is 16.5. The molecule has 0 aliphatic rings. The molecule has 0 spiro atoms. The zero-order valence-corrected chi connectivity index (χ0v) is 14.3. The Bertz CT molecular complexity index is 853. The molecule has 3 rings (SSSR count). The van der Waals surface area contributed by atoms with Crippen LogP contribution >= 0.6 is 0 Å². The fourth-order valence-electron chi connectivity index (χ4n) is 2.27. The molecule has 0 fully saturated rings. The van der Waals surface area contributed by atoms with E-state index < -0.39 is 0 Å². The average Bonchev–Trinajstić information content (AvgIpc) is 2.68. The Morgan fingerprint density at radius 2 is 1.92 bits per heavy atom. The maximum Gasteiger partial charge on any atom is 0.338 e. The summed E-state index contributed by atoms with van der Waals surface area (Å²) in [5.41, 5.74) is 2.39. The number of anilines is 3. The van der Waals surface area contributed by atoms with Gasteiger partial charge in [0.15, 0.2) is 0 Å². The molecule has 7 nitrogen and oxygen atoms in total. The van der Waals surface area contributed by atoms with Gasteiger partial charge in [0.2, 0.25) is 0 Å². The Morgan fingerprint density at radius 1 is 1.12 bits per heavy atom. The predicted molar refractivity (Wildman–Crippen MR) is 99.3 cm³/mol. The molecule has 2 N–H and O–H groups in total. The minimum atomic E-state index is -0.331. The molecule has 0 atom stereocenters. The van der Waals surface area contributed by atoms with Crippen molar-refractivity contribution in [3.63, 3.8) is 0 Å². The van der Waals surface area contributed by atoms with E-state index in [-0.39, 0.29) is 5.97 Å². The Kier molecular flexibility index (Phi) is 5.72. The normalized spacial score (nSPS) is 10.2. The molecule has 0 bridgehead atoms. The number of hydrogen-bond acceptors (Lipinski definition) is 7. The number of nitrogens with one attached hydrogen (secondary N) is 2. The maximum absolute atomic E-state index is 11.7. The van der Waals surface area contributed by atoms with Gasteiger partial charge in [-0.05, 0) is 42.8 Å². The SMILES string of the molecule is CCOC(=O)c1ccc(Nc2cc(NCc3cccnc3)ncn2)cc1. The average molecular weight is 349 g/mol. The van der Waals surface area contributed by atoms with Gasteiger partial charge >= 0.3 is 5.97 Å². The summed E-state index contributed by atoms with van der Waals surface area (Å²) < 4.78 is 4.97. The van der Waals surface area contributed by atoms with Gasteiger partial charge in [0.1, 0.15) is 18.0 Å². The molecule has 0 unspecified atom stereocenters. The van der Waals surface area contributed by atoms with Crippen LogP contribution in [0.1, 0.15) is 22.8 Å². The van der Waals surface area contributed by atoms with E-state index >= 15 is 0 Å². The van der Waals surface area contributed by atoms with E-state index in [1.54, 1.807) is 43.6 Å². The minimum absolute atomic E-state index is 0.331. The molecule has 132 valence electrons. The molecule has 2 heterocycles. The molecule has 0 aliphatic carbocycles. The third-order valence-electron chi connectivity index (χ3n) is 3.53. The number of pyridine rings is 1. The number of carbonyl (C=O) groups excluding carboxylic acids is 1. The van der Waals surface area contributed by atoms with Gasteiger partial charge in [0, 0.05) is 30.7 Å². The lowest BCUT2D eigenvalue weighted by Crippen LogP contribution is -2.05. The smallest absolute Gasteiger partial charge is 0.338 e. The zero-order chi connectivity index (χ0) is 18.2. The van der Waals surface area contributed by atoms with Crippen molar-refractivity contribution >= 4 is 23.3 Å². The standard InChI is InChI=1S/C19H19N5O2/c1-2-26-19(25)15-5-7-16(8-6-15)24-18-10-17(22-13-23-18)21-12-14-4-3-9-20-11-14/h3-11,13H,2,12H2,1H3,(H2,21,22,23,24). The third-order valence-corrected chi connectivity index (χ3v) is 3.53. The number of aromatic nitrogens is 3. The second kappa shape index (κ2) is 8.57. The number of carbonyl (C=O) groups is 1. The summed E-state index contributed by atoms with van der Waals surface area (Å²) in [7, 11) is 0. The largest absolute Gasteiger partial charge is 0.462 e. The van der Waals surface area contributed by atoms with Crippen molar-refractivity contribution in [2.75, 3.05) is 17.2 Å². The van der Waals surface area contributed by atoms with Crippen LogP contribution in [0, 0.1) is 0 Å². The Labute approximate surface area is 151 Å². The lowest BCUT2D eigenvalue weighted by Gasteiger charge is -2.09. The van der Waals surface area contributed by atoms with Crippen molar-refractivity contribution < 1.29 is 9.53 Å². The van der Waals surface area contributed by atoms with Gasteiger partial charge in [-0.2, -0.15) is 0 Å². The van der Waals surface area contributed by atoms with Gasteiger partial charge in [-0.25, -0.2) is 14.8 Å². The van der Waals surface area contributed by atoms with E-state index in [4.69, 9.17) is 4.74 Å². The Morgan fingerprint density at radius 3 is 2.65 bits per heavy atom. The summed E-state index contributed by atoms with van der Waals surface area (Å²) in [5, 5.41) is 6.42. The van der Waals surface area contributed by atoms with Crippen molar-refractivity contribution in [3.8, 4) is 0 Å². The number of hydrogen-bond donors (Lipinski definition) is 2. The Hall–Kier alpha value is -3.48. The lowest BCUT2D eigenvalue weighted by atomic mass is 10.2. The van der Waals surface area contributed by atoms with Gasteiger partial charge < -0.3 is 15.4 Å². The van der Waals surface area contributed by atoms with Crippen LogP contribution in [0.15, 0.2) is 61.2 Å². The molecule has 0 radical (unpaired) electrons. The van der Waals surface area contributed by atoms with E-state index in [1.165, 1.54) is 6.33 Å². The van der Waals surface area contributed by atoms with Crippen LogP contribution in [-0.2, 0) is 11.3 Å². The monoisotopic (exact) mass is 349 g/mol. The molecular formula is C19H19N5O2. The number of nitrogens with zero attached hydrogens (tertiary/aromatic N) is 3. The zero-order valence-electron chi connectivity index (χ0n) is 14.3. The van der Waals surface area contributed by atoms with E-state index in [0.29, 0.717) is 30.4 Å². The van der Waals surface area contributed by atoms with Crippen molar-refractivity contribution in [3.05, 3.63) is 72.3 Å². The van der Waals surface area contributed by atoms with Crippen LogP contribution in [0.3, 0.4) is 0 Å². The van der Waals surface area contributed by atoms with Crippen molar-refractivity contribution in [2.45, 2.75) is 13.5 Å². The summed E-state index contributed by atoms with van der Waals surface area (Å²) in [5.74, 6) is 1.02. The fourth-order valence-corrected chi connectivity index (χ4v) is 2.27. The van der Waals surface area contributed by atoms with E-state index in [1.807, 2.05) is 18.2 Å². The molecule has 26 heavy (non-hydrogen) atoms. The number of esters is 1. The topological polar surface area (TPSA) is 89.0 Å². The van der Waals surface area contributed by atoms with Crippen LogP contribution in [-0.4, -0.2) is 27.5 Å². The maximum atomic E-state index is 11.7. The molecular weight excluding hydrogens is 330 g/mol. The van der Waals surface area contributed by atoms with Crippen molar-refractivity contribution in [1.29, 1.82) is 0 Å². The summed E-state index contributed by atoms with van der Waals surface area (Å²) in [6, 6.07) is 12.7. The summed E-state index contributed by atoms with van der Waals surface area (Å²) in [6.07, 6.45) is 5.03. The second-order valence-electron chi connectivity index (χ2n) is 5.43. The molecule has 0 amide bonds. The highest BCUT2D eigenvalue weighted by Gasteiger charge is 2.06. The number of ether oxygens (including phenoxy) is 1. The highest BCUT2D eigenvalue weighted by molar-refractivity contribution is 5.89. The minimum Gasteiger partial charge on any atom is -0.462 e. The van der Waals surface area contributed by atoms with E-state index in [0.717, 1.165) is 11.3 Å². The molecule has 0 saturated carbocycles. The number of rotatable bonds is 7. The van der Waals surface area contributed by atoms with Gasteiger partial charge in [-0.1, -0.05) is 6.07 Å². The first-order valence-corrected chi connectivity index (χ1v) is 8.23. The molecule has 3 aromatic rings. The highest BCUT2D eigenvalue weighted by Crippen LogP contribution is 2.17.